The lowest BCUT2D eigenvalue weighted by Crippen LogP contribution is -2.20. The van der Waals surface area contributed by atoms with Gasteiger partial charge in [-0.15, -0.1) is 11.3 Å². The molecule has 90 valence electrons. The van der Waals surface area contributed by atoms with Crippen LogP contribution < -0.4 is 0 Å². The fraction of sp³-hybridized carbons (Fsp3) is 0.583. The predicted molar refractivity (Wildman–Crippen MR) is 68.6 cm³/mol. The van der Waals surface area contributed by atoms with Crippen molar-refractivity contribution in [3.05, 3.63) is 21.9 Å². The standard InChI is InChI=1S/C12H19NO2S/c1-4-14-12(15-5-2)8-13-7-11-6-10(3)9-16-11/h6-7,9,12H,4-5,8H2,1-3H3/b13-7-. The van der Waals surface area contributed by atoms with Crippen LogP contribution in [0.2, 0.25) is 0 Å². The molecule has 0 aliphatic carbocycles. The van der Waals surface area contributed by atoms with Crippen LogP contribution in [0.3, 0.4) is 0 Å². The normalized spacial score (nSPS) is 11.8. The van der Waals surface area contributed by atoms with Crippen molar-refractivity contribution >= 4 is 17.6 Å². The minimum atomic E-state index is -0.215. The third-order valence-corrected chi connectivity index (χ3v) is 2.91. The highest BCUT2D eigenvalue weighted by molar-refractivity contribution is 7.11. The van der Waals surface area contributed by atoms with Gasteiger partial charge in [0, 0.05) is 24.3 Å². The zero-order valence-corrected chi connectivity index (χ0v) is 10.9. The van der Waals surface area contributed by atoms with E-state index in [1.165, 1.54) is 10.4 Å². The van der Waals surface area contributed by atoms with Crippen molar-refractivity contribution in [3.63, 3.8) is 0 Å². The molecule has 0 aliphatic heterocycles. The Labute approximate surface area is 101 Å². The van der Waals surface area contributed by atoms with Crippen LogP contribution in [0, 0.1) is 6.92 Å². The lowest BCUT2D eigenvalue weighted by atomic mass is 10.3. The van der Waals surface area contributed by atoms with Crippen LogP contribution in [-0.4, -0.2) is 32.3 Å². The highest BCUT2D eigenvalue weighted by atomic mass is 32.1. The zero-order chi connectivity index (χ0) is 11.8. The quantitative estimate of drug-likeness (QED) is 0.543. The Bertz CT molecular complexity index is 317. The van der Waals surface area contributed by atoms with E-state index in [2.05, 4.69) is 23.4 Å². The van der Waals surface area contributed by atoms with E-state index in [0.717, 1.165) is 0 Å². The second-order valence-corrected chi connectivity index (χ2v) is 4.30. The summed E-state index contributed by atoms with van der Waals surface area (Å²) >= 11 is 1.70. The molecule has 0 aromatic carbocycles. The topological polar surface area (TPSA) is 30.8 Å². The molecule has 0 radical (unpaired) electrons. The monoisotopic (exact) mass is 241 g/mol. The maximum Gasteiger partial charge on any atom is 0.176 e. The molecule has 1 heterocycles. The largest absolute Gasteiger partial charge is 0.351 e. The third kappa shape index (κ3) is 4.88. The van der Waals surface area contributed by atoms with E-state index in [1.807, 2.05) is 20.1 Å². The molecular formula is C12H19NO2S. The van der Waals surface area contributed by atoms with Crippen molar-refractivity contribution in [1.82, 2.24) is 0 Å². The van der Waals surface area contributed by atoms with Gasteiger partial charge < -0.3 is 9.47 Å². The second kappa shape index (κ2) is 7.54. The molecule has 4 heteroatoms. The molecular weight excluding hydrogens is 222 g/mol. The van der Waals surface area contributed by atoms with Gasteiger partial charge in [-0.2, -0.15) is 0 Å². The fourth-order valence-electron chi connectivity index (χ4n) is 1.28. The molecule has 1 rings (SSSR count). The van der Waals surface area contributed by atoms with E-state index in [9.17, 15) is 0 Å². The van der Waals surface area contributed by atoms with Gasteiger partial charge in [-0.3, -0.25) is 4.99 Å². The van der Waals surface area contributed by atoms with Crippen molar-refractivity contribution in [3.8, 4) is 0 Å². The highest BCUT2D eigenvalue weighted by Crippen LogP contribution is 2.11. The number of ether oxygens (including phenoxy) is 2. The smallest absolute Gasteiger partial charge is 0.176 e. The van der Waals surface area contributed by atoms with E-state index in [4.69, 9.17) is 9.47 Å². The minimum Gasteiger partial charge on any atom is -0.351 e. The summed E-state index contributed by atoms with van der Waals surface area (Å²) in [5.74, 6) is 0. The molecule has 16 heavy (non-hydrogen) atoms. The van der Waals surface area contributed by atoms with Gasteiger partial charge in [0.05, 0.1) is 6.54 Å². The molecule has 0 aliphatic rings. The van der Waals surface area contributed by atoms with Gasteiger partial charge >= 0.3 is 0 Å². The molecule has 0 fully saturated rings. The average molecular weight is 241 g/mol. The number of aliphatic imine (C=N–C) groups is 1. The highest BCUT2D eigenvalue weighted by Gasteiger charge is 2.05. The van der Waals surface area contributed by atoms with Crippen molar-refractivity contribution in [2.45, 2.75) is 27.1 Å². The van der Waals surface area contributed by atoms with Crippen LogP contribution in [0.4, 0.5) is 0 Å². The molecule has 0 saturated carbocycles. The first-order chi connectivity index (χ1) is 7.76. The zero-order valence-electron chi connectivity index (χ0n) is 10.1. The molecule has 0 saturated heterocycles. The van der Waals surface area contributed by atoms with E-state index in [1.54, 1.807) is 11.3 Å². The number of nitrogens with zero attached hydrogens (tertiary/aromatic N) is 1. The summed E-state index contributed by atoms with van der Waals surface area (Å²) in [6.45, 7) is 7.85. The summed E-state index contributed by atoms with van der Waals surface area (Å²) in [6.07, 6.45) is 1.66. The van der Waals surface area contributed by atoms with Crippen LogP contribution in [0.15, 0.2) is 16.4 Å². The molecule has 0 N–H and O–H groups in total. The lowest BCUT2D eigenvalue weighted by molar-refractivity contribution is -0.128. The van der Waals surface area contributed by atoms with Gasteiger partial charge in [-0.1, -0.05) is 0 Å². The van der Waals surface area contributed by atoms with E-state index >= 15 is 0 Å². The summed E-state index contributed by atoms with van der Waals surface area (Å²) in [4.78, 5) is 5.50. The Hall–Kier alpha value is -0.710. The van der Waals surface area contributed by atoms with Crippen molar-refractivity contribution in [2.75, 3.05) is 19.8 Å². The maximum absolute atomic E-state index is 5.39. The third-order valence-electron chi connectivity index (χ3n) is 1.93. The number of hydrogen-bond donors (Lipinski definition) is 0. The first kappa shape index (κ1) is 13.4. The molecule has 0 bridgehead atoms. The Balaban J connectivity index is 2.38. The SMILES string of the molecule is CCOC(C/N=C\c1cc(C)cs1)OCC. The van der Waals surface area contributed by atoms with Crippen LogP contribution in [0.25, 0.3) is 0 Å². The average Bonchev–Trinajstić information content (AvgIpc) is 2.65. The summed E-state index contributed by atoms with van der Waals surface area (Å²) in [5.41, 5.74) is 1.28. The van der Waals surface area contributed by atoms with Gasteiger partial charge in [0.25, 0.3) is 0 Å². The number of rotatable bonds is 7. The molecule has 1 aromatic heterocycles. The summed E-state index contributed by atoms with van der Waals surface area (Å²) < 4.78 is 10.8. The Kier molecular flexibility index (Phi) is 6.30. The van der Waals surface area contributed by atoms with Crippen LogP contribution in [0.5, 0.6) is 0 Å². The number of thiophene rings is 1. The molecule has 1 aromatic rings. The molecule has 3 nitrogen and oxygen atoms in total. The summed E-state index contributed by atoms with van der Waals surface area (Å²) in [6, 6.07) is 2.12. The first-order valence-corrected chi connectivity index (χ1v) is 6.42. The van der Waals surface area contributed by atoms with E-state index < -0.39 is 0 Å². The predicted octanol–water partition coefficient (Wildman–Crippen LogP) is 2.87. The Morgan fingerprint density at radius 3 is 2.56 bits per heavy atom. The Morgan fingerprint density at radius 1 is 1.38 bits per heavy atom. The molecule has 0 unspecified atom stereocenters. The van der Waals surface area contributed by atoms with E-state index in [-0.39, 0.29) is 6.29 Å². The van der Waals surface area contributed by atoms with Gasteiger partial charge in [-0.05, 0) is 37.8 Å². The van der Waals surface area contributed by atoms with E-state index in [0.29, 0.717) is 19.8 Å². The minimum absolute atomic E-state index is 0.215. The molecule has 0 atom stereocenters. The van der Waals surface area contributed by atoms with Gasteiger partial charge in [0.2, 0.25) is 0 Å². The summed E-state index contributed by atoms with van der Waals surface area (Å²) in [7, 11) is 0. The van der Waals surface area contributed by atoms with Gasteiger partial charge in [0.15, 0.2) is 6.29 Å². The lowest BCUT2D eigenvalue weighted by Gasteiger charge is -2.13. The first-order valence-electron chi connectivity index (χ1n) is 5.54. The van der Waals surface area contributed by atoms with Crippen molar-refractivity contribution in [2.24, 2.45) is 4.99 Å². The van der Waals surface area contributed by atoms with Crippen molar-refractivity contribution < 1.29 is 9.47 Å². The van der Waals surface area contributed by atoms with Crippen LogP contribution in [0.1, 0.15) is 24.3 Å². The molecule has 0 spiro atoms. The Morgan fingerprint density at radius 2 is 2.06 bits per heavy atom. The number of hydrogen-bond acceptors (Lipinski definition) is 4. The van der Waals surface area contributed by atoms with Gasteiger partial charge in [-0.25, -0.2) is 0 Å². The summed E-state index contributed by atoms with van der Waals surface area (Å²) in [5, 5.41) is 2.12. The van der Waals surface area contributed by atoms with Crippen molar-refractivity contribution in [1.29, 1.82) is 0 Å². The second-order valence-electron chi connectivity index (χ2n) is 3.36. The maximum atomic E-state index is 5.39. The van der Waals surface area contributed by atoms with Crippen LogP contribution >= 0.6 is 11.3 Å². The number of aryl methyl sites for hydroxylation is 1. The van der Waals surface area contributed by atoms with Gasteiger partial charge in [0.1, 0.15) is 0 Å². The fourth-order valence-corrected chi connectivity index (χ4v) is 2.05. The molecule has 0 amide bonds. The van der Waals surface area contributed by atoms with Crippen LogP contribution in [-0.2, 0) is 9.47 Å².